The van der Waals surface area contributed by atoms with Gasteiger partial charge in [-0.3, -0.25) is 9.59 Å². The fourth-order valence-electron chi connectivity index (χ4n) is 4.00. The first kappa shape index (κ1) is 19.0. The molecule has 4 rings (SSSR count). The summed E-state index contributed by atoms with van der Waals surface area (Å²) in [6.45, 7) is 1.78. The highest BCUT2D eigenvalue weighted by atomic mass is 32.2. The number of nitrogens with zero attached hydrogens (tertiary/aromatic N) is 2. The van der Waals surface area contributed by atoms with Gasteiger partial charge in [-0.2, -0.15) is 4.31 Å². The third-order valence-electron chi connectivity index (χ3n) is 5.58. The van der Waals surface area contributed by atoms with Crippen LogP contribution in [0.25, 0.3) is 0 Å². The standard InChI is InChI=1S/C18H23N3O6S/c19-18(23)12-9-17(22)21(11-12)13-3-5-20(6-4-13)28(24,25)14-1-2-15-16(10-14)27-8-7-26-15/h1-2,10,12-13H,3-9,11H2,(H2,19,23). The van der Waals surface area contributed by atoms with Gasteiger partial charge >= 0.3 is 0 Å². The molecule has 2 fully saturated rings. The Morgan fingerprint density at radius 2 is 1.79 bits per heavy atom. The number of nitrogens with two attached hydrogens (primary N) is 1. The molecule has 2 N–H and O–H groups in total. The van der Waals surface area contributed by atoms with Crippen LogP contribution in [0.4, 0.5) is 0 Å². The van der Waals surface area contributed by atoms with Gasteiger partial charge in [0, 0.05) is 38.2 Å². The lowest BCUT2D eigenvalue weighted by Gasteiger charge is -2.36. The summed E-state index contributed by atoms with van der Waals surface area (Å²) < 4.78 is 38.3. The van der Waals surface area contributed by atoms with Crippen molar-refractivity contribution in [2.24, 2.45) is 11.7 Å². The van der Waals surface area contributed by atoms with Crippen LogP contribution in [0.15, 0.2) is 23.1 Å². The van der Waals surface area contributed by atoms with Gasteiger partial charge in [-0.1, -0.05) is 0 Å². The average molecular weight is 409 g/mol. The number of hydrogen-bond donors (Lipinski definition) is 1. The number of carbonyl (C=O) groups is 2. The van der Waals surface area contributed by atoms with E-state index in [0.717, 1.165) is 0 Å². The fourth-order valence-corrected chi connectivity index (χ4v) is 5.49. The number of piperidine rings is 1. The Hall–Kier alpha value is -2.33. The molecule has 28 heavy (non-hydrogen) atoms. The van der Waals surface area contributed by atoms with Crippen LogP contribution in [-0.2, 0) is 19.6 Å². The Kier molecular flexibility index (Phi) is 4.92. The van der Waals surface area contributed by atoms with E-state index in [0.29, 0.717) is 57.2 Å². The molecular formula is C18H23N3O6S. The molecule has 2 amide bonds. The molecule has 1 aromatic rings. The monoisotopic (exact) mass is 409 g/mol. The predicted molar refractivity (Wildman–Crippen MR) is 98.2 cm³/mol. The molecule has 1 aromatic carbocycles. The zero-order valence-corrected chi connectivity index (χ0v) is 16.2. The minimum atomic E-state index is -3.66. The summed E-state index contributed by atoms with van der Waals surface area (Å²) in [6.07, 6.45) is 1.20. The molecule has 3 heterocycles. The summed E-state index contributed by atoms with van der Waals surface area (Å²) in [5.41, 5.74) is 5.32. The molecule has 1 unspecified atom stereocenters. The molecular weight excluding hydrogens is 386 g/mol. The van der Waals surface area contributed by atoms with Gasteiger partial charge < -0.3 is 20.1 Å². The van der Waals surface area contributed by atoms with Crippen LogP contribution in [0, 0.1) is 5.92 Å². The van der Waals surface area contributed by atoms with Gasteiger partial charge in [-0.25, -0.2) is 8.42 Å². The predicted octanol–water partition coefficient (Wildman–Crippen LogP) is -0.0553. The van der Waals surface area contributed by atoms with Gasteiger partial charge in [0.2, 0.25) is 21.8 Å². The average Bonchev–Trinajstić information content (AvgIpc) is 3.10. The number of rotatable bonds is 4. The van der Waals surface area contributed by atoms with Gasteiger partial charge in [0.25, 0.3) is 0 Å². The first-order chi connectivity index (χ1) is 13.4. The topological polar surface area (TPSA) is 119 Å². The van der Waals surface area contributed by atoms with E-state index in [4.69, 9.17) is 15.2 Å². The Labute approximate surface area is 163 Å². The van der Waals surface area contributed by atoms with E-state index in [2.05, 4.69) is 0 Å². The Morgan fingerprint density at radius 3 is 2.43 bits per heavy atom. The number of sulfonamides is 1. The largest absolute Gasteiger partial charge is 0.486 e. The highest BCUT2D eigenvalue weighted by Gasteiger charge is 2.39. The maximum atomic E-state index is 13.0. The van der Waals surface area contributed by atoms with Crippen molar-refractivity contribution in [1.29, 1.82) is 0 Å². The van der Waals surface area contributed by atoms with Crippen molar-refractivity contribution in [2.75, 3.05) is 32.8 Å². The fraction of sp³-hybridized carbons (Fsp3) is 0.556. The van der Waals surface area contributed by atoms with E-state index in [1.807, 2.05) is 0 Å². The summed E-state index contributed by atoms with van der Waals surface area (Å²) in [6, 6.07) is 4.57. The van der Waals surface area contributed by atoms with Gasteiger partial charge in [0.15, 0.2) is 11.5 Å². The van der Waals surface area contributed by atoms with Crippen LogP contribution in [0.1, 0.15) is 19.3 Å². The van der Waals surface area contributed by atoms with Crippen molar-refractivity contribution in [3.8, 4) is 11.5 Å². The normalized spacial score (nSPS) is 23.8. The van der Waals surface area contributed by atoms with E-state index in [1.165, 1.54) is 16.4 Å². The smallest absolute Gasteiger partial charge is 0.243 e. The van der Waals surface area contributed by atoms with E-state index >= 15 is 0 Å². The highest BCUT2D eigenvalue weighted by Crippen LogP contribution is 2.34. The zero-order chi connectivity index (χ0) is 19.9. The molecule has 0 aromatic heterocycles. The van der Waals surface area contributed by atoms with E-state index in [9.17, 15) is 18.0 Å². The number of ether oxygens (including phenoxy) is 2. The summed E-state index contributed by atoms with van der Waals surface area (Å²) in [7, 11) is -3.66. The van der Waals surface area contributed by atoms with Crippen molar-refractivity contribution < 1.29 is 27.5 Å². The van der Waals surface area contributed by atoms with Crippen LogP contribution >= 0.6 is 0 Å². The number of carbonyl (C=O) groups excluding carboxylic acids is 2. The van der Waals surface area contributed by atoms with Crippen molar-refractivity contribution in [1.82, 2.24) is 9.21 Å². The molecule has 9 nitrogen and oxygen atoms in total. The van der Waals surface area contributed by atoms with Crippen LogP contribution in [0.5, 0.6) is 11.5 Å². The van der Waals surface area contributed by atoms with Crippen LogP contribution < -0.4 is 15.2 Å². The molecule has 152 valence electrons. The Balaban J connectivity index is 1.43. The van der Waals surface area contributed by atoms with Gasteiger partial charge in [-0.15, -0.1) is 0 Å². The van der Waals surface area contributed by atoms with Crippen molar-refractivity contribution in [3.63, 3.8) is 0 Å². The zero-order valence-electron chi connectivity index (χ0n) is 15.4. The van der Waals surface area contributed by atoms with E-state index < -0.39 is 21.8 Å². The molecule has 0 radical (unpaired) electrons. The minimum absolute atomic E-state index is 0.0661. The molecule has 10 heteroatoms. The first-order valence-electron chi connectivity index (χ1n) is 9.35. The van der Waals surface area contributed by atoms with Gasteiger partial charge in [0.05, 0.1) is 10.8 Å². The molecule has 0 spiro atoms. The molecule has 3 aliphatic rings. The number of hydrogen-bond acceptors (Lipinski definition) is 6. The summed E-state index contributed by atoms with van der Waals surface area (Å²) in [4.78, 5) is 25.4. The molecule has 0 saturated carbocycles. The maximum absolute atomic E-state index is 13.0. The molecule has 2 saturated heterocycles. The number of primary amides is 1. The molecule has 0 aliphatic carbocycles. The highest BCUT2D eigenvalue weighted by molar-refractivity contribution is 7.89. The number of benzene rings is 1. The Morgan fingerprint density at radius 1 is 1.11 bits per heavy atom. The lowest BCUT2D eigenvalue weighted by molar-refractivity contribution is -0.130. The second kappa shape index (κ2) is 7.25. The Bertz CT molecular complexity index is 895. The third-order valence-corrected chi connectivity index (χ3v) is 7.47. The molecule has 0 bridgehead atoms. The summed E-state index contributed by atoms with van der Waals surface area (Å²) in [5.74, 6) is -0.0266. The second-order valence-corrected chi connectivity index (χ2v) is 9.23. The summed E-state index contributed by atoms with van der Waals surface area (Å²) in [5, 5.41) is 0. The first-order valence-corrected chi connectivity index (χ1v) is 10.8. The van der Waals surface area contributed by atoms with E-state index in [-0.39, 0.29) is 23.3 Å². The van der Waals surface area contributed by atoms with Crippen molar-refractivity contribution in [3.05, 3.63) is 18.2 Å². The minimum Gasteiger partial charge on any atom is -0.486 e. The van der Waals surface area contributed by atoms with Gasteiger partial charge in [0.1, 0.15) is 13.2 Å². The van der Waals surface area contributed by atoms with Crippen LogP contribution in [-0.4, -0.2) is 68.3 Å². The quantitative estimate of drug-likeness (QED) is 0.744. The number of fused-ring (bicyclic) bond motifs is 1. The lowest BCUT2D eigenvalue weighted by Crippen LogP contribution is -2.47. The number of amides is 2. The second-order valence-electron chi connectivity index (χ2n) is 7.29. The van der Waals surface area contributed by atoms with Crippen molar-refractivity contribution >= 4 is 21.8 Å². The number of likely N-dealkylation sites (tertiary alicyclic amines) is 1. The van der Waals surface area contributed by atoms with Crippen molar-refractivity contribution in [2.45, 2.75) is 30.2 Å². The van der Waals surface area contributed by atoms with Gasteiger partial charge in [-0.05, 0) is 25.0 Å². The molecule has 3 aliphatic heterocycles. The van der Waals surface area contributed by atoms with Crippen LogP contribution in [0.3, 0.4) is 0 Å². The lowest BCUT2D eigenvalue weighted by atomic mass is 10.1. The maximum Gasteiger partial charge on any atom is 0.243 e. The summed E-state index contributed by atoms with van der Waals surface area (Å²) >= 11 is 0. The SMILES string of the molecule is NC(=O)C1CC(=O)N(C2CCN(S(=O)(=O)c3ccc4c(c3)OCCO4)CC2)C1. The van der Waals surface area contributed by atoms with E-state index in [1.54, 1.807) is 11.0 Å². The van der Waals surface area contributed by atoms with Crippen LogP contribution in [0.2, 0.25) is 0 Å². The molecule has 1 atom stereocenters. The third kappa shape index (κ3) is 3.42.